The summed E-state index contributed by atoms with van der Waals surface area (Å²) < 4.78 is 1.44. The van der Waals surface area contributed by atoms with Gasteiger partial charge in [0, 0.05) is 11.6 Å². The summed E-state index contributed by atoms with van der Waals surface area (Å²) in [5.41, 5.74) is 7.99. The molecule has 6 heteroatoms. The van der Waals surface area contributed by atoms with Crippen LogP contribution in [0.3, 0.4) is 0 Å². The Hall–Kier alpha value is -3.20. The van der Waals surface area contributed by atoms with E-state index in [4.69, 9.17) is 11.0 Å². The molecule has 2 N–H and O–H groups in total. The highest BCUT2D eigenvalue weighted by molar-refractivity contribution is 5.61. The highest BCUT2D eigenvalue weighted by Crippen LogP contribution is 2.21. The van der Waals surface area contributed by atoms with Crippen LogP contribution in [-0.4, -0.2) is 19.7 Å². The molecule has 21 heavy (non-hydrogen) atoms. The van der Waals surface area contributed by atoms with Crippen LogP contribution < -0.4 is 5.73 Å². The number of aromatic nitrogens is 4. The van der Waals surface area contributed by atoms with Crippen LogP contribution in [0.5, 0.6) is 0 Å². The Morgan fingerprint density at radius 3 is 2.62 bits per heavy atom. The molecule has 2 aromatic heterocycles. The third-order valence-electron chi connectivity index (χ3n) is 3.04. The van der Waals surface area contributed by atoms with Crippen molar-refractivity contribution in [1.29, 1.82) is 5.26 Å². The van der Waals surface area contributed by atoms with E-state index in [1.807, 2.05) is 36.4 Å². The number of hydrogen-bond donors (Lipinski definition) is 1. The quantitative estimate of drug-likeness (QED) is 0.773. The zero-order valence-corrected chi connectivity index (χ0v) is 11.4. The predicted octanol–water partition coefficient (Wildman–Crippen LogP) is 2.09. The summed E-state index contributed by atoms with van der Waals surface area (Å²) in [6, 6.07) is 13.6. The van der Waals surface area contributed by atoms with E-state index in [9.17, 15) is 0 Å². The number of aryl methyl sites for hydroxylation is 1. The Bertz CT molecular complexity index is 829. The highest BCUT2D eigenvalue weighted by Gasteiger charge is 2.12. The lowest BCUT2D eigenvalue weighted by molar-refractivity contribution is 0.838. The molecule has 0 unspecified atom stereocenters. The van der Waals surface area contributed by atoms with Crippen LogP contribution in [0.1, 0.15) is 11.4 Å². The summed E-state index contributed by atoms with van der Waals surface area (Å²) in [5.74, 6) is 1.43. The number of nitriles is 1. The summed E-state index contributed by atoms with van der Waals surface area (Å²) in [6.07, 6.45) is 1.43. The minimum absolute atomic E-state index is 0.273. The van der Waals surface area contributed by atoms with Crippen LogP contribution in [0, 0.1) is 18.3 Å². The fourth-order valence-electron chi connectivity index (χ4n) is 2.04. The highest BCUT2D eigenvalue weighted by atomic mass is 15.3. The largest absolute Gasteiger partial charge is 0.382 e. The van der Waals surface area contributed by atoms with Gasteiger partial charge in [0.05, 0.1) is 11.9 Å². The first kappa shape index (κ1) is 12.8. The first-order valence-corrected chi connectivity index (χ1v) is 6.34. The first-order chi connectivity index (χ1) is 10.2. The molecule has 0 radical (unpaired) electrons. The maximum Gasteiger partial charge on any atom is 0.160 e. The fraction of sp³-hybridized carbons (Fsp3) is 0.0667. The van der Waals surface area contributed by atoms with Crippen molar-refractivity contribution in [2.75, 3.05) is 5.73 Å². The standard InChI is InChI=1S/C15H12N6/c1-10-19-13(11-5-3-2-4-6-11)7-14(20-10)21-15(17)12(8-16)9-18-21/h2-7,9H,17H2,1H3. The molecule has 3 aromatic rings. The number of nitrogen functional groups attached to an aromatic ring is 1. The van der Waals surface area contributed by atoms with Crippen LogP contribution >= 0.6 is 0 Å². The topological polar surface area (TPSA) is 93.4 Å². The fourth-order valence-corrected chi connectivity index (χ4v) is 2.04. The van der Waals surface area contributed by atoms with Gasteiger partial charge >= 0.3 is 0 Å². The number of nitrogens with two attached hydrogens (primary N) is 1. The van der Waals surface area contributed by atoms with Gasteiger partial charge in [-0.3, -0.25) is 0 Å². The van der Waals surface area contributed by atoms with Gasteiger partial charge in [-0.1, -0.05) is 30.3 Å². The molecule has 102 valence electrons. The third kappa shape index (κ3) is 2.32. The van der Waals surface area contributed by atoms with Crippen LogP contribution in [0.25, 0.3) is 17.1 Å². The second-order valence-corrected chi connectivity index (χ2v) is 4.49. The van der Waals surface area contributed by atoms with Crippen molar-refractivity contribution in [2.45, 2.75) is 6.92 Å². The Balaban J connectivity index is 2.14. The molecule has 6 nitrogen and oxygen atoms in total. The zero-order chi connectivity index (χ0) is 14.8. The Labute approximate surface area is 121 Å². The van der Waals surface area contributed by atoms with Crippen LogP contribution in [0.4, 0.5) is 5.82 Å². The Kier molecular flexibility index (Phi) is 3.09. The van der Waals surface area contributed by atoms with E-state index in [1.165, 1.54) is 10.9 Å². The van der Waals surface area contributed by atoms with Crippen molar-refractivity contribution in [3.8, 4) is 23.1 Å². The molecule has 0 spiro atoms. The molecule has 0 saturated heterocycles. The molecule has 0 atom stereocenters. The van der Waals surface area contributed by atoms with Gasteiger partial charge in [0.2, 0.25) is 0 Å². The number of hydrogen-bond acceptors (Lipinski definition) is 5. The lowest BCUT2D eigenvalue weighted by Crippen LogP contribution is -2.07. The maximum atomic E-state index is 8.95. The van der Waals surface area contributed by atoms with Crippen molar-refractivity contribution >= 4 is 5.82 Å². The number of benzene rings is 1. The van der Waals surface area contributed by atoms with Gasteiger partial charge in [-0.2, -0.15) is 15.0 Å². The first-order valence-electron chi connectivity index (χ1n) is 6.34. The predicted molar refractivity (Wildman–Crippen MR) is 78.5 cm³/mol. The molecule has 0 saturated carbocycles. The van der Waals surface area contributed by atoms with E-state index in [1.54, 1.807) is 13.0 Å². The van der Waals surface area contributed by atoms with E-state index >= 15 is 0 Å². The second kappa shape index (κ2) is 5.06. The summed E-state index contributed by atoms with van der Waals surface area (Å²) in [4.78, 5) is 8.77. The molecule has 0 aliphatic carbocycles. The van der Waals surface area contributed by atoms with Gasteiger partial charge in [-0.25, -0.2) is 9.97 Å². The molecule has 3 rings (SSSR count). The molecule has 0 fully saturated rings. The minimum Gasteiger partial charge on any atom is -0.382 e. The Morgan fingerprint density at radius 2 is 1.95 bits per heavy atom. The molecule has 0 aliphatic heterocycles. The molecule has 0 amide bonds. The van der Waals surface area contributed by atoms with Gasteiger partial charge in [0.15, 0.2) is 5.82 Å². The molecule has 2 heterocycles. The van der Waals surface area contributed by atoms with Gasteiger partial charge in [0.1, 0.15) is 23.3 Å². The smallest absolute Gasteiger partial charge is 0.160 e. The third-order valence-corrected chi connectivity index (χ3v) is 3.04. The average molecular weight is 276 g/mol. The molecular weight excluding hydrogens is 264 g/mol. The Morgan fingerprint density at radius 1 is 1.19 bits per heavy atom. The van der Waals surface area contributed by atoms with E-state index in [0.717, 1.165) is 11.3 Å². The van der Waals surface area contributed by atoms with Crippen LogP contribution in [0.15, 0.2) is 42.6 Å². The van der Waals surface area contributed by atoms with E-state index in [-0.39, 0.29) is 5.82 Å². The van der Waals surface area contributed by atoms with Crippen molar-refractivity contribution in [1.82, 2.24) is 19.7 Å². The lowest BCUT2D eigenvalue weighted by atomic mass is 10.1. The second-order valence-electron chi connectivity index (χ2n) is 4.49. The molecular formula is C15H12N6. The van der Waals surface area contributed by atoms with Gasteiger partial charge in [0.25, 0.3) is 0 Å². The van der Waals surface area contributed by atoms with Crippen molar-refractivity contribution in [3.05, 3.63) is 54.0 Å². The van der Waals surface area contributed by atoms with E-state index < -0.39 is 0 Å². The normalized spacial score (nSPS) is 10.3. The summed E-state index contributed by atoms with van der Waals surface area (Å²) in [5, 5.41) is 13.1. The van der Waals surface area contributed by atoms with Gasteiger partial charge in [-0.15, -0.1) is 0 Å². The summed E-state index contributed by atoms with van der Waals surface area (Å²) >= 11 is 0. The monoisotopic (exact) mass is 276 g/mol. The lowest BCUT2D eigenvalue weighted by Gasteiger charge is -2.07. The number of anilines is 1. The van der Waals surface area contributed by atoms with Crippen molar-refractivity contribution in [3.63, 3.8) is 0 Å². The molecule has 0 bridgehead atoms. The van der Waals surface area contributed by atoms with Crippen molar-refractivity contribution in [2.24, 2.45) is 0 Å². The molecule has 1 aromatic carbocycles. The van der Waals surface area contributed by atoms with Gasteiger partial charge < -0.3 is 5.73 Å². The summed E-state index contributed by atoms with van der Waals surface area (Å²) in [7, 11) is 0. The summed E-state index contributed by atoms with van der Waals surface area (Å²) in [6.45, 7) is 1.81. The van der Waals surface area contributed by atoms with E-state index in [2.05, 4.69) is 15.1 Å². The van der Waals surface area contributed by atoms with Crippen LogP contribution in [0.2, 0.25) is 0 Å². The zero-order valence-electron chi connectivity index (χ0n) is 11.4. The van der Waals surface area contributed by atoms with E-state index in [0.29, 0.717) is 17.2 Å². The molecule has 0 aliphatic rings. The van der Waals surface area contributed by atoms with Crippen molar-refractivity contribution < 1.29 is 0 Å². The maximum absolute atomic E-state index is 8.95. The van der Waals surface area contributed by atoms with Crippen LogP contribution in [-0.2, 0) is 0 Å². The van der Waals surface area contributed by atoms with Gasteiger partial charge in [-0.05, 0) is 6.92 Å². The number of rotatable bonds is 2. The SMILES string of the molecule is Cc1nc(-c2ccccc2)cc(-n2ncc(C#N)c2N)n1. The minimum atomic E-state index is 0.273. The number of nitrogens with zero attached hydrogens (tertiary/aromatic N) is 5. The average Bonchev–Trinajstić information content (AvgIpc) is 2.88.